The van der Waals surface area contributed by atoms with Crippen molar-refractivity contribution in [3.63, 3.8) is 0 Å². The lowest BCUT2D eigenvalue weighted by Gasteiger charge is -2.32. The third-order valence-electron chi connectivity index (χ3n) is 6.76. The number of nitrogens with zero attached hydrogens (tertiary/aromatic N) is 2. The van der Waals surface area contributed by atoms with Crippen LogP contribution in [-0.2, 0) is 26.2 Å². The van der Waals surface area contributed by atoms with Crippen LogP contribution in [0.2, 0.25) is 0 Å². The van der Waals surface area contributed by atoms with Crippen LogP contribution in [0, 0.1) is 20.8 Å². The first kappa shape index (κ1) is 26.7. The van der Waals surface area contributed by atoms with Gasteiger partial charge in [0.25, 0.3) is 0 Å². The van der Waals surface area contributed by atoms with Crippen LogP contribution in [0.1, 0.15) is 54.9 Å². The molecule has 1 saturated carbocycles. The lowest BCUT2D eigenvalue weighted by molar-refractivity contribution is -0.139. The summed E-state index contributed by atoms with van der Waals surface area (Å²) >= 11 is 0. The quantitative estimate of drug-likeness (QED) is 0.568. The summed E-state index contributed by atoms with van der Waals surface area (Å²) in [5.41, 5.74) is 4.33. The highest BCUT2D eigenvalue weighted by Gasteiger charge is 2.31. The summed E-state index contributed by atoms with van der Waals surface area (Å²) in [5, 5.41) is 3.08. The lowest BCUT2D eigenvalue weighted by Crippen LogP contribution is -2.52. The Morgan fingerprint density at radius 1 is 1.03 bits per heavy atom. The van der Waals surface area contributed by atoms with Gasteiger partial charge in [-0.15, -0.1) is 0 Å². The zero-order valence-electron chi connectivity index (χ0n) is 21.4. The van der Waals surface area contributed by atoms with E-state index in [-0.39, 0.29) is 25.0 Å². The van der Waals surface area contributed by atoms with Gasteiger partial charge in [0.2, 0.25) is 21.8 Å². The standard InChI is InChI=1S/C27H37N3O4S/c1-19-9-8-10-23(15-19)17-29(22(4)27(32)28-24-11-6-7-12-24)26(31)18-30(35(5,33)34)25-14-13-20(2)21(3)16-25/h8-10,13-16,22,24H,6-7,11-12,17-18H2,1-5H3,(H,28,32). The zero-order valence-corrected chi connectivity index (χ0v) is 22.2. The first-order chi connectivity index (χ1) is 16.5. The van der Waals surface area contributed by atoms with Crippen LogP contribution in [0.4, 0.5) is 5.69 Å². The number of carbonyl (C=O) groups excluding carboxylic acids is 2. The number of carbonyl (C=O) groups is 2. The maximum absolute atomic E-state index is 13.6. The van der Waals surface area contributed by atoms with E-state index in [0.29, 0.717) is 5.69 Å². The smallest absolute Gasteiger partial charge is 0.244 e. The molecule has 1 unspecified atom stereocenters. The molecule has 0 bridgehead atoms. The fraction of sp³-hybridized carbons (Fsp3) is 0.481. The van der Waals surface area contributed by atoms with Crippen molar-refractivity contribution in [2.45, 2.75) is 72.0 Å². The highest BCUT2D eigenvalue weighted by atomic mass is 32.2. The molecule has 1 N–H and O–H groups in total. The highest BCUT2D eigenvalue weighted by molar-refractivity contribution is 7.92. The first-order valence-corrected chi connectivity index (χ1v) is 14.0. The van der Waals surface area contributed by atoms with Gasteiger partial charge < -0.3 is 10.2 Å². The largest absolute Gasteiger partial charge is 0.352 e. The van der Waals surface area contributed by atoms with Crippen molar-refractivity contribution in [2.24, 2.45) is 0 Å². The molecule has 1 atom stereocenters. The second kappa shape index (κ2) is 11.2. The molecule has 3 rings (SSSR count). The number of hydrogen-bond acceptors (Lipinski definition) is 4. The van der Waals surface area contributed by atoms with E-state index in [4.69, 9.17) is 0 Å². The second-order valence-electron chi connectivity index (χ2n) is 9.71. The highest BCUT2D eigenvalue weighted by Crippen LogP contribution is 2.23. The molecule has 2 aromatic carbocycles. The summed E-state index contributed by atoms with van der Waals surface area (Å²) in [6.45, 7) is 7.36. The van der Waals surface area contributed by atoms with Gasteiger partial charge in [0, 0.05) is 12.6 Å². The van der Waals surface area contributed by atoms with Crippen LogP contribution in [0.5, 0.6) is 0 Å². The lowest BCUT2D eigenvalue weighted by atomic mass is 10.1. The minimum atomic E-state index is -3.74. The number of aryl methyl sites for hydroxylation is 3. The Hall–Kier alpha value is -2.87. The number of amides is 2. The van der Waals surface area contributed by atoms with Gasteiger partial charge in [0.15, 0.2) is 0 Å². The monoisotopic (exact) mass is 499 g/mol. The van der Waals surface area contributed by atoms with Crippen molar-refractivity contribution in [3.05, 3.63) is 64.7 Å². The van der Waals surface area contributed by atoms with Crippen molar-refractivity contribution in [2.75, 3.05) is 17.1 Å². The van der Waals surface area contributed by atoms with Crippen LogP contribution < -0.4 is 9.62 Å². The topological polar surface area (TPSA) is 86.8 Å². The summed E-state index contributed by atoms with van der Waals surface area (Å²) in [7, 11) is -3.74. The molecule has 0 heterocycles. The summed E-state index contributed by atoms with van der Waals surface area (Å²) in [5.74, 6) is -0.640. The number of benzene rings is 2. The fourth-order valence-corrected chi connectivity index (χ4v) is 5.32. The van der Waals surface area contributed by atoms with Gasteiger partial charge in [-0.25, -0.2) is 8.42 Å². The molecule has 2 aromatic rings. The predicted octanol–water partition coefficient (Wildman–Crippen LogP) is 3.85. The summed E-state index contributed by atoms with van der Waals surface area (Å²) in [4.78, 5) is 28.2. The minimum absolute atomic E-state index is 0.129. The Morgan fingerprint density at radius 3 is 2.31 bits per heavy atom. The normalized spacial score (nSPS) is 15.0. The molecule has 1 aliphatic rings. The van der Waals surface area contributed by atoms with Crippen molar-refractivity contribution in [1.82, 2.24) is 10.2 Å². The van der Waals surface area contributed by atoms with E-state index in [1.165, 1.54) is 4.90 Å². The van der Waals surface area contributed by atoms with Gasteiger partial charge in [-0.05, 0) is 69.4 Å². The molecule has 1 aliphatic carbocycles. The zero-order chi connectivity index (χ0) is 25.8. The Balaban J connectivity index is 1.89. The van der Waals surface area contributed by atoms with E-state index in [0.717, 1.165) is 58.5 Å². The molecule has 0 aromatic heterocycles. The number of hydrogen-bond donors (Lipinski definition) is 1. The molecule has 8 heteroatoms. The average molecular weight is 500 g/mol. The van der Waals surface area contributed by atoms with Crippen molar-refractivity contribution < 1.29 is 18.0 Å². The van der Waals surface area contributed by atoms with E-state index in [9.17, 15) is 18.0 Å². The molecule has 0 saturated heterocycles. The molecule has 2 amide bonds. The molecule has 190 valence electrons. The molecular formula is C27H37N3O4S. The Morgan fingerprint density at radius 2 is 1.71 bits per heavy atom. The van der Waals surface area contributed by atoms with Crippen LogP contribution in [0.3, 0.4) is 0 Å². The SMILES string of the molecule is Cc1cccc(CN(C(=O)CN(c2ccc(C)c(C)c2)S(C)(=O)=O)C(C)C(=O)NC2CCCC2)c1. The summed E-state index contributed by atoms with van der Waals surface area (Å²) < 4.78 is 26.5. The number of rotatable bonds is 9. The predicted molar refractivity (Wildman–Crippen MR) is 140 cm³/mol. The van der Waals surface area contributed by atoms with Gasteiger partial charge in [-0.2, -0.15) is 0 Å². The minimum Gasteiger partial charge on any atom is -0.352 e. The molecule has 7 nitrogen and oxygen atoms in total. The van der Waals surface area contributed by atoms with Crippen molar-refractivity contribution in [3.8, 4) is 0 Å². The second-order valence-corrected chi connectivity index (χ2v) is 11.6. The van der Waals surface area contributed by atoms with Crippen LogP contribution in [0.25, 0.3) is 0 Å². The van der Waals surface area contributed by atoms with E-state index in [1.807, 2.05) is 51.1 Å². The van der Waals surface area contributed by atoms with Gasteiger partial charge in [-0.3, -0.25) is 13.9 Å². The van der Waals surface area contributed by atoms with Crippen molar-refractivity contribution >= 4 is 27.5 Å². The van der Waals surface area contributed by atoms with E-state index in [2.05, 4.69) is 5.32 Å². The van der Waals surface area contributed by atoms with E-state index < -0.39 is 22.0 Å². The Labute approximate surface area is 209 Å². The Bertz CT molecular complexity index is 1170. The number of anilines is 1. The average Bonchev–Trinajstić information content (AvgIpc) is 3.29. The number of nitrogens with one attached hydrogen (secondary N) is 1. The summed E-state index contributed by atoms with van der Waals surface area (Å²) in [6.07, 6.45) is 5.16. The summed E-state index contributed by atoms with van der Waals surface area (Å²) in [6, 6.07) is 12.5. The van der Waals surface area contributed by atoms with Gasteiger partial charge >= 0.3 is 0 Å². The van der Waals surface area contributed by atoms with Crippen LogP contribution in [0.15, 0.2) is 42.5 Å². The van der Waals surface area contributed by atoms with E-state index in [1.54, 1.807) is 19.1 Å². The molecule has 35 heavy (non-hydrogen) atoms. The van der Waals surface area contributed by atoms with Gasteiger partial charge in [0.05, 0.1) is 11.9 Å². The maximum Gasteiger partial charge on any atom is 0.244 e. The molecule has 0 aliphatic heterocycles. The Kier molecular flexibility index (Phi) is 8.59. The van der Waals surface area contributed by atoms with Crippen LogP contribution in [-0.4, -0.2) is 50.0 Å². The van der Waals surface area contributed by atoms with Gasteiger partial charge in [-0.1, -0.05) is 48.7 Å². The first-order valence-electron chi connectivity index (χ1n) is 12.2. The maximum atomic E-state index is 13.6. The molecule has 1 fully saturated rings. The third-order valence-corrected chi connectivity index (χ3v) is 7.90. The van der Waals surface area contributed by atoms with E-state index >= 15 is 0 Å². The third kappa shape index (κ3) is 7.07. The van der Waals surface area contributed by atoms with Crippen LogP contribution >= 0.6 is 0 Å². The molecule has 0 spiro atoms. The van der Waals surface area contributed by atoms with Gasteiger partial charge in [0.1, 0.15) is 12.6 Å². The molecule has 0 radical (unpaired) electrons. The fourth-order valence-electron chi connectivity index (χ4n) is 4.48. The molecular weight excluding hydrogens is 462 g/mol. The van der Waals surface area contributed by atoms with Crippen molar-refractivity contribution in [1.29, 1.82) is 0 Å². The number of sulfonamides is 1.